The monoisotopic (exact) mass is 327 g/mol. The Bertz CT molecular complexity index is 662. The Morgan fingerprint density at radius 3 is 2.96 bits per heavy atom. The number of rotatable bonds is 4. The van der Waals surface area contributed by atoms with Gasteiger partial charge in [0.15, 0.2) is 0 Å². The predicted molar refractivity (Wildman–Crippen MR) is 92.7 cm³/mol. The van der Waals surface area contributed by atoms with Crippen molar-refractivity contribution in [1.82, 2.24) is 25.4 Å². The minimum atomic E-state index is 0.00385. The molecule has 3 heterocycles. The summed E-state index contributed by atoms with van der Waals surface area (Å²) >= 11 is 0. The Morgan fingerprint density at radius 2 is 2.25 bits per heavy atom. The number of hydrogen-bond acceptors (Lipinski definition) is 3. The summed E-state index contributed by atoms with van der Waals surface area (Å²) in [5, 5.41) is 10.2. The van der Waals surface area contributed by atoms with Crippen molar-refractivity contribution < 1.29 is 4.79 Å². The van der Waals surface area contributed by atoms with E-state index in [-0.39, 0.29) is 12.1 Å². The van der Waals surface area contributed by atoms with Crippen molar-refractivity contribution in [3.05, 3.63) is 47.0 Å². The number of carbonyl (C=O) groups is 1. The number of piperidine rings is 1. The number of amides is 2. The minimum absolute atomic E-state index is 0.00385. The van der Waals surface area contributed by atoms with Crippen molar-refractivity contribution in [1.29, 1.82) is 0 Å². The Kier molecular flexibility index (Phi) is 5.13. The molecule has 0 bridgehead atoms. The van der Waals surface area contributed by atoms with Crippen LogP contribution >= 0.6 is 0 Å². The highest BCUT2D eigenvalue weighted by atomic mass is 16.2. The molecule has 0 saturated carbocycles. The summed E-state index contributed by atoms with van der Waals surface area (Å²) in [5.74, 6) is 0. The van der Waals surface area contributed by atoms with Crippen molar-refractivity contribution in [2.75, 3.05) is 13.1 Å². The summed E-state index contributed by atoms with van der Waals surface area (Å²) in [5.41, 5.74) is 4.25. The molecule has 2 aromatic rings. The lowest BCUT2D eigenvalue weighted by Crippen LogP contribution is -2.45. The lowest BCUT2D eigenvalue weighted by Gasteiger charge is -2.35. The number of hydrogen-bond donors (Lipinski definition) is 2. The summed E-state index contributed by atoms with van der Waals surface area (Å²) < 4.78 is 0. The van der Waals surface area contributed by atoms with Gasteiger partial charge < -0.3 is 10.2 Å². The molecule has 3 rings (SSSR count). The average molecular weight is 327 g/mol. The number of aromatic amines is 1. The van der Waals surface area contributed by atoms with Crippen LogP contribution in [-0.4, -0.2) is 39.2 Å². The molecule has 128 valence electrons. The third kappa shape index (κ3) is 3.58. The van der Waals surface area contributed by atoms with Crippen molar-refractivity contribution in [3.63, 3.8) is 0 Å². The molecule has 0 radical (unpaired) electrons. The van der Waals surface area contributed by atoms with Crippen molar-refractivity contribution in [3.8, 4) is 0 Å². The highest BCUT2D eigenvalue weighted by Gasteiger charge is 2.28. The molecular weight excluding hydrogens is 302 g/mol. The number of nitrogens with one attached hydrogen (secondary N) is 2. The summed E-state index contributed by atoms with van der Waals surface area (Å²) in [4.78, 5) is 19.0. The SMILES string of the molecule is Cc1n[nH]c(C)c1CCNC(=O)N1CCCC[C@H]1c1ccccn1. The number of carbonyl (C=O) groups excluding carboxylic acids is 1. The lowest BCUT2D eigenvalue weighted by atomic mass is 9.99. The maximum atomic E-state index is 12.6. The van der Waals surface area contributed by atoms with Gasteiger partial charge in [-0.15, -0.1) is 0 Å². The second kappa shape index (κ2) is 7.47. The molecule has 1 fully saturated rings. The van der Waals surface area contributed by atoms with Crippen LogP contribution in [0, 0.1) is 13.8 Å². The van der Waals surface area contributed by atoms with E-state index < -0.39 is 0 Å². The topological polar surface area (TPSA) is 73.9 Å². The Balaban J connectivity index is 1.60. The molecular formula is C18H25N5O. The van der Waals surface area contributed by atoms with Gasteiger partial charge in [-0.2, -0.15) is 5.10 Å². The fourth-order valence-electron chi connectivity index (χ4n) is 3.39. The zero-order valence-electron chi connectivity index (χ0n) is 14.4. The van der Waals surface area contributed by atoms with Crippen LogP contribution in [0.3, 0.4) is 0 Å². The Labute approximate surface area is 142 Å². The van der Waals surface area contributed by atoms with Gasteiger partial charge in [-0.1, -0.05) is 6.07 Å². The number of aromatic nitrogens is 3. The molecule has 6 nitrogen and oxygen atoms in total. The van der Waals surface area contributed by atoms with Crippen molar-refractivity contribution >= 4 is 6.03 Å². The fraction of sp³-hybridized carbons (Fsp3) is 0.500. The van der Waals surface area contributed by atoms with E-state index in [0.29, 0.717) is 6.54 Å². The molecule has 0 aromatic carbocycles. The van der Waals surface area contributed by atoms with Crippen LogP contribution in [0.2, 0.25) is 0 Å². The summed E-state index contributed by atoms with van der Waals surface area (Å²) in [6.45, 7) is 5.41. The Morgan fingerprint density at radius 1 is 1.38 bits per heavy atom. The molecule has 24 heavy (non-hydrogen) atoms. The van der Waals surface area contributed by atoms with Gasteiger partial charge in [-0.25, -0.2) is 4.79 Å². The van der Waals surface area contributed by atoms with Crippen molar-refractivity contribution in [2.24, 2.45) is 0 Å². The van der Waals surface area contributed by atoms with E-state index in [2.05, 4.69) is 20.5 Å². The summed E-state index contributed by atoms with van der Waals surface area (Å²) in [6, 6.07) is 5.99. The van der Waals surface area contributed by atoms with Crippen molar-refractivity contribution in [2.45, 2.75) is 45.6 Å². The van der Waals surface area contributed by atoms with Gasteiger partial charge in [-0.3, -0.25) is 10.1 Å². The number of pyridine rings is 1. The van der Waals surface area contributed by atoms with Gasteiger partial charge in [0, 0.05) is 25.0 Å². The largest absolute Gasteiger partial charge is 0.338 e. The minimum Gasteiger partial charge on any atom is -0.338 e. The summed E-state index contributed by atoms with van der Waals surface area (Å²) in [7, 11) is 0. The normalized spacial score (nSPS) is 17.8. The zero-order chi connectivity index (χ0) is 16.9. The molecule has 6 heteroatoms. The Hall–Kier alpha value is -2.37. The van der Waals surface area contributed by atoms with Crippen LogP contribution in [0.15, 0.2) is 24.4 Å². The molecule has 1 saturated heterocycles. The quantitative estimate of drug-likeness (QED) is 0.907. The second-order valence-electron chi connectivity index (χ2n) is 6.35. The highest BCUT2D eigenvalue weighted by molar-refractivity contribution is 5.74. The van der Waals surface area contributed by atoms with E-state index in [1.165, 1.54) is 5.56 Å². The fourth-order valence-corrected chi connectivity index (χ4v) is 3.39. The van der Waals surface area contributed by atoms with E-state index >= 15 is 0 Å². The molecule has 1 atom stereocenters. The average Bonchev–Trinajstić information content (AvgIpc) is 2.94. The predicted octanol–water partition coefficient (Wildman–Crippen LogP) is 2.90. The molecule has 2 amide bonds. The second-order valence-corrected chi connectivity index (χ2v) is 6.35. The van der Waals surface area contributed by atoms with Gasteiger partial charge in [0.25, 0.3) is 0 Å². The standard InChI is InChI=1S/C18H25N5O/c1-13-15(14(2)22-21-13)9-11-20-18(24)23-12-6-4-8-17(23)16-7-3-5-10-19-16/h3,5,7,10,17H,4,6,8-9,11-12H2,1-2H3,(H,20,24)(H,21,22)/t17-/m0/s1. The molecule has 0 aliphatic carbocycles. The molecule has 2 N–H and O–H groups in total. The third-order valence-corrected chi connectivity index (χ3v) is 4.72. The summed E-state index contributed by atoms with van der Waals surface area (Å²) in [6.07, 6.45) is 5.76. The van der Waals surface area contributed by atoms with E-state index in [4.69, 9.17) is 0 Å². The maximum absolute atomic E-state index is 12.6. The van der Waals surface area contributed by atoms with E-state index in [9.17, 15) is 4.79 Å². The van der Waals surface area contributed by atoms with Crippen LogP contribution in [0.1, 0.15) is 47.9 Å². The first kappa shape index (κ1) is 16.5. The first-order chi connectivity index (χ1) is 11.7. The molecule has 1 aliphatic heterocycles. The van der Waals surface area contributed by atoms with Crippen LogP contribution in [0.4, 0.5) is 4.79 Å². The number of aryl methyl sites for hydroxylation is 2. The molecule has 0 spiro atoms. The number of urea groups is 1. The molecule has 1 aliphatic rings. The lowest BCUT2D eigenvalue weighted by molar-refractivity contribution is 0.150. The van der Waals surface area contributed by atoms with Crippen LogP contribution in [-0.2, 0) is 6.42 Å². The maximum Gasteiger partial charge on any atom is 0.317 e. The third-order valence-electron chi connectivity index (χ3n) is 4.72. The van der Waals surface area contributed by atoms with Crippen LogP contribution in [0.5, 0.6) is 0 Å². The highest BCUT2D eigenvalue weighted by Crippen LogP contribution is 2.29. The molecule has 0 unspecified atom stereocenters. The van der Waals surface area contributed by atoms with Crippen LogP contribution in [0.25, 0.3) is 0 Å². The number of likely N-dealkylation sites (tertiary alicyclic amines) is 1. The van der Waals surface area contributed by atoms with Gasteiger partial charge in [0.2, 0.25) is 0 Å². The first-order valence-electron chi connectivity index (χ1n) is 8.62. The van der Waals surface area contributed by atoms with E-state index in [0.717, 1.165) is 49.3 Å². The van der Waals surface area contributed by atoms with Gasteiger partial charge in [-0.05, 0) is 57.2 Å². The molecule has 2 aromatic heterocycles. The smallest absolute Gasteiger partial charge is 0.317 e. The van der Waals surface area contributed by atoms with E-state index in [1.807, 2.05) is 36.9 Å². The zero-order valence-corrected chi connectivity index (χ0v) is 14.4. The number of H-pyrrole nitrogens is 1. The first-order valence-corrected chi connectivity index (χ1v) is 8.62. The van der Waals surface area contributed by atoms with Gasteiger partial charge in [0.1, 0.15) is 0 Å². The van der Waals surface area contributed by atoms with E-state index in [1.54, 1.807) is 6.20 Å². The number of nitrogens with zero attached hydrogens (tertiary/aromatic N) is 3. The van der Waals surface area contributed by atoms with Gasteiger partial charge >= 0.3 is 6.03 Å². The van der Waals surface area contributed by atoms with Crippen LogP contribution < -0.4 is 5.32 Å². The van der Waals surface area contributed by atoms with Gasteiger partial charge in [0.05, 0.1) is 17.4 Å².